The molecule has 0 spiro atoms. The molecule has 1 aromatic rings. The minimum atomic E-state index is -3.52. The lowest BCUT2D eigenvalue weighted by atomic mass is 9.99. The number of carbonyl (C=O) groups excluding carboxylic acids is 1. The van der Waals surface area contributed by atoms with Gasteiger partial charge in [-0.25, -0.2) is 8.42 Å². The lowest BCUT2D eigenvalue weighted by Gasteiger charge is -2.27. The fourth-order valence-electron chi connectivity index (χ4n) is 1.92. The molecule has 0 unspecified atom stereocenters. The van der Waals surface area contributed by atoms with Crippen molar-refractivity contribution in [3.63, 3.8) is 0 Å². The van der Waals surface area contributed by atoms with E-state index in [4.69, 9.17) is 0 Å². The van der Waals surface area contributed by atoms with Crippen molar-refractivity contribution in [2.45, 2.75) is 31.2 Å². The summed E-state index contributed by atoms with van der Waals surface area (Å²) in [6, 6.07) is 8.09. The van der Waals surface area contributed by atoms with Gasteiger partial charge in [-0.3, -0.25) is 4.79 Å². The average Bonchev–Trinajstić information content (AvgIpc) is 2.46. The van der Waals surface area contributed by atoms with Gasteiger partial charge in [0.25, 0.3) is 0 Å². The molecule has 20 heavy (non-hydrogen) atoms. The smallest absolute Gasteiger partial charge is 0.242 e. The van der Waals surface area contributed by atoms with Gasteiger partial charge in [-0.05, 0) is 18.1 Å². The van der Waals surface area contributed by atoms with Gasteiger partial charge in [0.2, 0.25) is 16.4 Å². The van der Waals surface area contributed by atoms with Crippen LogP contribution < -0.4 is 5.32 Å². The van der Waals surface area contributed by atoms with Crippen LogP contribution >= 0.6 is 0 Å². The summed E-state index contributed by atoms with van der Waals surface area (Å²) in [6.45, 7) is 4.25. The molecular formula is C14H22N2O3S. The second-order valence-corrected chi connectivity index (χ2v) is 6.92. The van der Waals surface area contributed by atoms with E-state index in [9.17, 15) is 13.2 Å². The van der Waals surface area contributed by atoms with Gasteiger partial charge in [-0.1, -0.05) is 38.5 Å². The molecule has 5 nitrogen and oxygen atoms in total. The molecule has 112 valence electrons. The van der Waals surface area contributed by atoms with E-state index in [0.29, 0.717) is 6.41 Å². The molecule has 1 rings (SSSR count). The summed E-state index contributed by atoms with van der Waals surface area (Å²) < 4.78 is 26.1. The van der Waals surface area contributed by atoms with Crippen LogP contribution in [0.2, 0.25) is 0 Å². The van der Waals surface area contributed by atoms with Crippen molar-refractivity contribution in [2.24, 2.45) is 5.92 Å². The van der Waals surface area contributed by atoms with Crippen molar-refractivity contribution >= 4 is 16.4 Å². The molecule has 0 aromatic heterocycles. The van der Waals surface area contributed by atoms with E-state index in [0.717, 1.165) is 6.42 Å². The second kappa shape index (κ2) is 7.40. The maximum atomic E-state index is 12.4. The number of rotatable bonds is 8. The fraction of sp³-hybridized carbons (Fsp3) is 0.500. The number of carbonyl (C=O) groups is 1. The van der Waals surface area contributed by atoms with Gasteiger partial charge in [0.05, 0.1) is 4.90 Å². The average molecular weight is 298 g/mol. The summed E-state index contributed by atoms with van der Waals surface area (Å²) in [4.78, 5) is 10.9. The first-order chi connectivity index (χ1) is 9.43. The molecule has 0 aliphatic heterocycles. The molecule has 2 atom stereocenters. The van der Waals surface area contributed by atoms with Crippen LogP contribution in [0.25, 0.3) is 0 Å². The quantitative estimate of drug-likeness (QED) is 0.739. The normalized spacial score (nSPS) is 14.8. The van der Waals surface area contributed by atoms with Crippen LogP contribution in [0, 0.1) is 5.92 Å². The summed E-state index contributed by atoms with van der Waals surface area (Å²) in [5, 5.41) is 2.70. The van der Waals surface area contributed by atoms with Crippen LogP contribution in [0.4, 0.5) is 0 Å². The zero-order valence-electron chi connectivity index (χ0n) is 12.1. The molecule has 1 N–H and O–H groups in total. The van der Waals surface area contributed by atoms with Crippen LogP contribution in [0.5, 0.6) is 0 Å². The van der Waals surface area contributed by atoms with Gasteiger partial charge in [0, 0.05) is 19.6 Å². The Morgan fingerprint density at radius 3 is 2.40 bits per heavy atom. The minimum absolute atomic E-state index is 0.194. The number of hydrogen-bond acceptors (Lipinski definition) is 3. The van der Waals surface area contributed by atoms with Gasteiger partial charge in [0.15, 0.2) is 0 Å². The first-order valence-corrected chi connectivity index (χ1v) is 8.08. The SMILES string of the molecule is CC[C@H](C)[C@@H](CN(C)S(=O)(=O)c1ccccc1)NC=O. The molecule has 0 aliphatic rings. The van der Waals surface area contributed by atoms with Crippen molar-refractivity contribution in [2.75, 3.05) is 13.6 Å². The van der Waals surface area contributed by atoms with Crippen molar-refractivity contribution < 1.29 is 13.2 Å². The Morgan fingerprint density at radius 2 is 1.90 bits per heavy atom. The van der Waals surface area contributed by atoms with Crippen LogP contribution in [0.1, 0.15) is 20.3 Å². The summed E-state index contributed by atoms with van der Waals surface area (Å²) in [7, 11) is -1.98. The van der Waals surface area contributed by atoms with Crippen LogP contribution in [-0.2, 0) is 14.8 Å². The van der Waals surface area contributed by atoms with Gasteiger partial charge in [0.1, 0.15) is 0 Å². The van der Waals surface area contributed by atoms with Crippen molar-refractivity contribution in [3.8, 4) is 0 Å². The van der Waals surface area contributed by atoms with Crippen molar-refractivity contribution in [1.82, 2.24) is 9.62 Å². The van der Waals surface area contributed by atoms with E-state index in [1.807, 2.05) is 13.8 Å². The predicted molar refractivity (Wildman–Crippen MR) is 78.7 cm³/mol. The molecule has 0 aliphatic carbocycles. The fourth-order valence-corrected chi connectivity index (χ4v) is 3.13. The highest BCUT2D eigenvalue weighted by Crippen LogP contribution is 2.16. The lowest BCUT2D eigenvalue weighted by molar-refractivity contribution is -0.110. The molecule has 0 heterocycles. The molecule has 0 radical (unpaired) electrons. The number of sulfonamides is 1. The van der Waals surface area contributed by atoms with Crippen LogP contribution in [-0.4, -0.2) is 38.8 Å². The Labute approximate surface area is 121 Å². The lowest BCUT2D eigenvalue weighted by Crippen LogP contribution is -2.44. The van der Waals surface area contributed by atoms with E-state index in [1.165, 1.54) is 11.4 Å². The maximum absolute atomic E-state index is 12.4. The molecule has 6 heteroatoms. The highest BCUT2D eigenvalue weighted by Gasteiger charge is 2.25. The molecular weight excluding hydrogens is 276 g/mol. The number of nitrogens with zero attached hydrogens (tertiary/aromatic N) is 1. The number of benzene rings is 1. The van der Waals surface area contributed by atoms with Crippen LogP contribution in [0.3, 0.4) is 0 Å². The number of likely N-dealkylation sites (N-methyl/N-ethyl adjacent to an activating group) is 1. The van der Waals surface area contributed by atoms with E-state index >= 15 is 0 Å². The summed E-state index contributed by atoms with van der Waals surface area (Å²) in [5.41, 5.74) is 0. The largest absolute Gasteiger partial charge is 0.354 e. The number of amides is 1. The van der Waals surface area contributed by atoms with Crippen molar-refractivity contribution in [1.29, 1.82) is 0 Å². The highest BCUT2D eigenvalue weighted by molar-refractivity contribution is 7.89. The van der Waals surface area contributed by atoms with Gasteiger partial charge in [-0.15, -0.1) is 0 Å². The minimum Gasteiger partial charge on any atom is -0.354 e. The third-order valence-corrected chi connectivity index (χ3v) is 5.36. The Bertz CT molecular complexity index is 516. The maximum Gasteiger partial charge on any atom is 0.242 e. The Hall–Kier alpha value is -1.40. The Balaban J connectivity index is 2.88. The third-order valence-electron chi connectivity index (χ3n) is 3.52. The molecule has 0 saturated heterocycles. The molecule has 0 fully saturated rings. The monoisotopic (exact) mass is 298 g/mol. The summed E-state index contributed by atoms with van der Waals surface area (Å²) >= 11 is 0. The molecule has 1 amide bonds. The van der Waals surface area contributed by atoms with Gasteiger partial charge < -0.3 is 5.32 Å². The van der Waals surface area contributed by atoms with E-state index in [-0.39, 0.29) is 23.4 Å². The molecule has 0 saturated carbocycles. The third kappa shape index (κ3) is 4.05. The number of nitrogens with one attached hydrogen (secondary N) is 1. The molecule has 1 aromatic carbocycles. The van der Waals surface area contributed by atoms with Gasteiger partial charge in [-0.2, -0.15) is 4.31 Å². The predicted octanol–water partition coefficient (Wildman–Crippen LogP) is 1.47. The second-order valence-electron chi connectivity index (χ2n) is 4.88. The zero-order chi connectivity index (χ0) is 15.2. The first kappa shape index (κ1) is 16.7. The highest BCUT2D eigenvalue weighted by atomic mass is 32.2. The topological polar surface area (TPSA) is 66.5 Å². The standard InChI is InChI=1S/C14H22N2O3S/c1-4-12(2)14(15-11-17)10-16(3)20(18,19)13-8-6-5-7-9-13/h5-9,11-12,14H,4,10H2,1-3H3,(H,15,17)/t12-,14+/m0/s1. The summed E-state index contributed by atoms with van der Waals surface area (Å²) in [6.07, 6.45) is 1.49. The van der Waals surface area contributed by atoms with E-state index in [1.54, 1.807) is 30.3 Å². The Kier molecular flexibility index (Phi) is 6.16. The first-order valence-electron chi connectivity index (χ1n) is 6.64. The molecule has 0 bridgehead atoms. The number of hydrogen-bond donors (Lipinski definition) is 1. The van der Waals surface area contributed by atoms with E-state index in [2.05, 4.69) is 5.32 Å². The van der Waals surface area contributed by atoms with E-state index < -0.39 is 10.0 Å². The van der Waals surface area contributed by atoms with Gasteiger partial charge >= 0.3 is 0 Å². The zero-order valence-corrected chi connectivity index (χ0v) is 12.9. The van der Waals surface area contributed by atoms with Crippen LogP contribution in [0.15, 0.2) is 35.2 Å². The Morgan fingerprint density at radius 1 is 1.30 bits per heavy atom. The van der Waals surface area contributed by atoms with Crippen molar-refractivity contribution in [3.05, 3.63) is 30.3 Å². The summed E-state index contributed by atoms with van der Waals surface area (Å²) in [5.74, 6) is 0.202.